The average molecular weight is 405 g/mol. The van der Waals surface area contributed by atoms with Gasteiger partial charge < -0.3 is 9.80 Å². The first-order valence-electron chi connectivity index (χ1n) is 10.5. The van der Waals surface area contributed by atoms with E-state index in [0.29, 0.717) is 6.42 Å². The Morgan fingerprint density at radius 2 is 1.70 bits per heavy atom. The molecule has 1 fully saturated rings. The molecule has 30 heavy (non-hydrogen) atoms. The van der Waals surface area contributed by atoms with Crippen LogP contribution < -0.4 is 4.90 Å². The van der Waals surface area contributed by atoms with Gasteiger partial charge in [0.05, 0.1) is 5.69 Å². The zero-order valence-corrected chi connectivity index (χ0v) is 17.7. The van der Waals surface area contributed by atoms with Gasteiger partial charge in [-0.3, -0.25) is 4.79 Å². The highest BCUT2D eigenvalue weighted by Gasteiger charge is 2.22. The molecular weight excluding hydrogens is 376 g/mol. The molecule has 1 amide bonds. The molecule has 0 N–H and O–H groups in total. The maximum absolute atomic E-state index is 12.6. The van der Waals surface area contributed by atoms with E-state index < -0.39 is 0 Å². The van der Waals surface area contributed by atoms with E-state index in [9.17, 15) is 4.79 Å². The van der Waals surface area contributed by atoms with Crippen LogP contribution in [0.1, 0.15) is 29.8 Å². The zero-order chi connectivity index (χ0) is 20.9. The number of anilines is 1. The number of carbonyl (C=O) groups is 1. The molecule has 1 aliphatic rings. The van der Waals surface area contributed by atoms with E-state index in [4.69, 9.17) is 0 Å². The zero-order valence-electron chi connectivity index (χ0n) is 17.7. The number of benzene rings is 1. The van der Waals surface area contributed by atoms with Gasteiger partial charge in [0.2, 0.25) is 5.91 Å². The van der Waals surface area contributed by atoms with E-state index in [2.05, 4.69) is 32.1 Å². The molecule has 7 heteroatoms. The van der Waals surface area contributed by atoms with Crippen molar-refractivity contribution in [2.75, 3.05) is 31.1 Å². The minimum Gasteiger partial charge on any atom is -0.353 e. The number of aromatic nitrogens is 4. The minimum atomic E-state index is 0.247. The van der Waals surface area contributed by atoms with Crippen LogP contribution in [0, 0.1) is 13.8 Å². The number of rotatable bonds is 6. The molecule has 1 aliphatic heterocycles. The molecule has 4 rings (SSSR count). The number of aryl methyl sites for hydroxylation is 3. The van der Waals surface area contributed by atoms with Crippen LogP contribution in [0.2, 0.25) is 0 Å². The van der Waals surface area contributed by atoms with Gasteiger partial charge >= 0.3 is 0 Å². The Labute approximate surface area is 177 Å². The topological polar surface area (TPSA) is 67.2 Å². The first kappa shape index (κ1) is 20.1. The van der Waals surface area contributed by atoms with Gasteiger partial charge in [0.1, 0.15) is 12.1 Å². The predicted octanol–water partition coefficient (Wildman–Crippen LogP) is 2.95. The highest BCUT2D eigenvalue weighted by molar-refractivity contribution is 5.76. The van der Waals surface area contributed by atoms with E-state index in [1.54, 1.807) is 6.33 Å². The van der Waals surface area contributed by atoms with E-state index in [0.717, 1.165) is 62.0 Å². The first-order valence-corrected chi connectivity index (χ1v) is 10.5. The molecular formula is C23H28N6O. The van der Waals surface area contributed by atoms with E-state index in [1.165, 1.54) is 5.56 Å². The lowest BCUT2D eigenvalue weighted by Gasteiger charge is -2.35. The molecule has 0 spiro atoms. The summed E-state index contributed by atoms with van der Waals surface area (Å²) < 4.78 is 1.84. The average Bonchev–Trinajstić information content (AvgIpc) is 3.12. The molecule has 0 bridgehead atoms. The van der Waals surface area contributed by atoms with Gasteiger partial charge in [-0.15, -0.1) is 0 Å². The Kier molecular flexibility index (Phi) is 6.07. The minimum absolute atomic E-state index is 0.247. The summed E-state index contributed by atoms with van der Waals surface area (Å²) in [6.07, 6.45) is 4.02. The Morgan fingerprint density at radius 1 is 0.967 bits per heavy atom. The van der Waals surface area contributed by atoms with Crippen molar-refractivity contribution in [3.8, 4) is 5.82 Å². The van der Waals surface area contributed by atoms with Crippen molar-refractivity contribution in [3.05, 3.63) is 65.7 Å². The maximum Gasteiger partial charge on any atom is 0.222 e. The summed E-state index contributed by atoms with van der Waals surface area (Å²) in [5, 5.41) is 4.51. The van der Waals surface area contributed by atoms with Crippen molar-refractivity contribution in [2.24, 2.45) is 0 Å². The molecule has 3 aromatic rings. The third-order valence-electron chi connectivity index (χ3n) is 5.52. The number of hydrogen-bond acceptors (Lipinski definition) is 5. The maximum atomic E-state index is 12.6. The molecule has 0 unspecified atom stereocenters. The Hall–Kier alpha value is -3.22. The van der Waals surface area contributed by atoms with E-state index in [-0.39, 0.29) is 5.91 Å². The number of nitrogens with zero attached hydrogens (tertiary/aromatic N) is 6. The van der Waals surface area contributed by atoms with Crippen LogP contribution in [0.15, 0.2) is 48.8 Å². The van der Waals surface area contributed by atoms with Crippen molar-refractivity contribution < 1.29 is 4.79 Å². The van der Waals surface area contributed by atoms with Crippen molar-refractivity contribution in [1.82, 2.24) is 24.6 Å². The Balaban J connectivity index is 1.30. The largest absolute Gasteiger partial charge is 0.353 e. The van der Waals surface area contributed by atoms with Crippen LogP contribution in [0.5, 0.6) is 0 Å². The molecule has 0 radical (unpaired) electrons. The molecule has 0 aliphatic carbocycles. The highest BCUT2D eigenvalue weighted by atomic mass is 16.2. The lowest BCUT2D eigenvalue weighted by molar-refractivity contribution is -0.131. The Bertz CT molecular complexity index is 992. The molecule has 2 aromatic heterocycles. The SMILES string of the molecule is Cc1cc(C)n(-c2cc(N3CCN(C(=O)CCCc4ccccc4)CC3)ncn2)n1. The second kappa shape index (κ2) is 9.07. The predicted molar refractivity (Wildman–Crippen MR) is 117 cm³/mol. The van der Waals surface area contributed by atoms with Gasteiger partial charge in [-0.1, -0.05) is 30.3 Å². The fraction of sp³-hybridized carbons (Fsp3) is 0.391. The third kappa shape index (κ3) is 4.67. The summed E-state index contributed by atoms with van der Waals surface area (Å²) in [5.74, 6) is 1.89. The number of piperazine rings is 1. The van der Waals surface area contributed by atoms with Crippen LogP contribution in [0.25, 0.3) is 5.82 Å². The molecule has 1 saturated heterocycles. The lowest BCUT2D eigenvalue weighted by atomic mass is 10.1. The fourth-order valence-corrected chi connectivity index (χ4v) is 3.92. The quantitative estimate of drug-likeness (QED) is 0.632. The molecule has 3 heterocycles. The van der Waals surface area contributed by atoms with Crippen LogP contribution in [-0.4, -0.2) is 56.7 Å². The molecule has 156 valence electrons. The molecule has 0 saturated carbocycles. The van der Waals surface area contributed by atoms with Gasteiger partial charge in [0.15, 0.2) is 5.82 Å². The highest BCUT2D eigenvalue weighted by Crippen LogP contribution is 2.18. The van der Waals surface area contributed by atoms with Crippen LogP contribution in [0.4, 0.5) is 5.82 Å². The summed E-state index contributed by atoms with van der Waals surface area (Å²) in [4.78, 5) is 25.6. The van der Waals surface area contributed by atoms with Gasteiger partial charge in [0, 0.05) is 44.4 Å². The normalized spacial score (nSPS) is 14.2. The summed E-state index contributed by atoms with van der Waals surface area (Å²) in [6.45, 7) is 6.99. The van der Waals surface area contributed by atoms with Crippen LogP contribution in [0.3, 0.4) is 0 Å². The number of carbonyl (C=O) groups excluding carboxylic acids is 1. The van der Waals surface area contributed by atoms with E-state index >= 15 is 0 Å². The van der Waals surface area contributed by atoms with Gasteiger partial charge in [-0.25, -0.2) is 14.6 Å². The van der Waals surface area contributed by atoms with Gasteiger partial charge in [0.25, 0.3) is 0 Å². The van der Waals surface area contributed by atoms with Crippen LogP contribution in [-0.2, 0) is 11.2 Å². The summed E-state index contributed by atoms with van der Waals surface area (Å²) in [5.41, 5.74) is 3.30. The number of hydrogen-bond donors (Lipinski definition) is 0. The van der Waals surface area contributed by atoms with Crippen LogP contribution >= 0.6 is 0 Å². The molecule has 0 atom stereocenters. The standard InChI is InChI=1S/C23H28N6O/c1-18-15-19(2)29(26-18)22-16-21(24-17-25-22)27-11-13-28(14-12-27)23(30)10-6-9-20-7-4-3-5-8-20/h3-5,7-8,15-17H,6,9-14H2,1-2H3. The van der Waals surface area contributed by atoms with Gasteiger partial charge in [-0.2, -0.15) is 5.10 Å². The summed E-state index contributed by atoms with van der Waals surface area (Å²) in [7, 11) is 0. The summed E-state index contributed by atoms with van der Waals surface area (Å²) in [6, 6.07) is 14.3. The second-order valence-electron chi connectivity index (χ2n) is 7.78. The van der Waals surface area contributed by atoms with Crippen molar-refractivity contribution in [1.29, 1.82) is 0 Å². The van der Waals surface area contributed by atoms with Gasteiger partial charge in [-0.05, 0) is 38.3 Å². The smallest absolute Gasteiger partial charge is 0.222 e. The van der Waals surface area contributed by atoms with E-state index in [1.807, 2.05) is 53.8 Å². The molecule has 7 nitrogen and oxygen atoms in total. The molecule has 1 aromatic carbocycles. The van der Waals surface area contributed by atoms with Crippen molar-refractivity contribution >= 4 is 11.7 Å². The lowest BCUT2D eigenvalue weighted by Crippen LogP contribution is -2.49. The van der Waals surface area contributed by atoms with Crippen molar-refractivity contribution in [2.45, 2.75) is 33.1 Å². The summed E-state index contributed by atoms with van der Waals surface area (Å²) >= 11 is 0. The second-order valence-corrected chi connectivity index (χ2v) is 7.78. The van der Waals surface area contributed by atoms with Crippen molar-refractivity contribution in [3.63, 3.8) is 0 Å². The first-order chi connectivity index (χ1) is 14.6. The number of amides is 1. The third-order valence-corrected chi connectivity index (χ3v) is 5.52. The fourth-order valence-electron chi connectivity index (χ4n) is 3.92. The Morgan fingerprint density at radius 3 is 2.40 bits per heavy atom. The monoisotopic (exact) mass is 404 g/mol.